The Morgan fingerprint density at radius 2 is 0.500 bits per heavy atom. The van der Waals surface area contributed by atoms with Crippen LogP contribution in [0.3, 0.4) is 0 Å². The molecule has 0 amide bonds. The van der Waals surface area contributed by atoms with Gasteiger partial charge in [-0.25, -0.2) is 0 Å². The molecule has 0 atom stereocenters. The van der Waals surface area contributed by atoms with Crippen molar-refractivity contribution >= 4 is 51.4 Å². The Morgan fingerprint density at radius 3 is 0.500 bits per heavy atom. The van der Waals surface area contributed by atoms with E-state index >= 15 is 0 Å². The molecule has 0 saturated heterocycles. The van der Waals surface area contributed by atoms with Gasteiger partial charge in [0.25, 0.3) is 0 Å². The molecule has 0 heterocycles. The molecule has 0 aliphatic rings. The van der Waals surface area contributed by atoms with Gasteiger partial charge in [0.05, 0.1) is 0 Å². The molecule has 0 aliphatic heterocycles. The fraction of sp³-hybridized carbons (Fsp3) is 0. The van der Waals surface area contributed by atoms with Gasteiger partial charge >= 0.3 is 17.1 Å². The molecular formula is C4FeKN4. The maximum atomic E-state index is 6.25. The fourth-order valence-electron chi connectivity index (χ4n) is 0. The summed E-state index contributed by atoms with van der Waals surface area (Å²) in [6, 6.07) is 0. The van der Waals surface area contributed by atoms with Crippen LogP contribution in [0, 0.1) is 47.3 Å². The zero-order chi connectivity index (χ0) is 8.00. The molecule has 0 saturated carbocycles. The molecule has 45 valence electrons. The van der Waals surface area contributed by atoms with Crippen LogP contribution in [0.5, 0.6) is 0 Å². The van der Waals surface area contributed by atoms with Crippen molar-refractivity contribution in [3.05, 3.63) is 26.3 Å². The monoisotopic (exact) mass is 199 g/mol. The first-order valence-corrected chi connectivity index (χ1v) is 0.894. The predicted octanol–water partition coefficient (Wildman–Crippen LogP) is 0.00218. The van der Waals surface area contributed by atoms with E-state index in [9.17, 15) is 0 Å². The van der Waals surface area contributed by atoms with Crippen LogP contribution in [0.2, 0.25) is 0 Å². The third-order valence-electron chi connectivity index (χ3n) is 0. The van der Waals surface area contributed by atoms with Crippen LogP contribution in [-0.2, 0) is 17.1 Å². The summed E-state index contributed by atoms with van der Waals surface area (Å²) >= 11 is 0. The predicted molar refractivity (Wildman–Crippen MR) is 25.6 cm³/mol. The van der Waals surface area contributed by atoms with Gasteiger partial charge in [0.15, 0.2) is 0 Å². The Bertz CT molecular complexity index is 60.2. The van der Waals surface area contributed by atoms with Gasteiger partial charge in [0.1, 0.15) is 0 Å². The molecule has 0 aromatic heterocycles. The van der Waals surface area contributed by atoms with Gasteiger partial charge in [0, 0.05) is 51.4 Å². The van der Waals surface area contributed by atoms with E-state index in [0.29, 0.717) is 0 Å². The van der Waals surface area contributed by atoms with E-state index in [1.807, 2.05) is 0 Å². The second-order valence-electron chi connectivity index (χ2n) is 0. The van der Waals surface area contributed by atoms with E-state index in [1.165, 1.54) is 0 Å². The van der Waals surface area contributed by atoms with Crippen molar-refractivity contribution in [2.75, 3.05) is 0 Å². The Labute approximate surface area is 114 Å². The summed E-state index contributed by atoms with van der Waals surface area (Å²) in [6.45, 7) is 19.0. The van der Waals surface area contributed by atoms with Crippen molar-refractivity contribution in [2.24, 2.45) is 0 Å². The molecule has 4 nitrogen and oxygen atoms in total. The molecule has 0 aliphatic carbocycles. The second-order valence-corrected chi connectivity index (χ2v) is 0. The largest absolute Gasteiger partial charge is 4.00 e. The van der Waals surface area contributed by atoms with E-state index in [4.69, 9.17) is 47.3 Å². The zero-order valence-electron chi connectivity index (χ0n) is 5.14. The van der Waals surface area contributed by atoms with E-state index < -0.39 is 0 Å². The summed E-state index contributed by atoms with van der Waals surface area (Å²) in [5.41, 5.74) is 0. The minimum atomic E-state index is 0. The number of hydrogen-bond acceptors (Lipinski definition) is 4. The summed E-state index contributed by atoms with van der Waals surface area (Å²) in [7, 11) is 0. The molecule has 0 N–H and O–H groups in total. The standard InChI is InChI=1S/4CN.Fe.K/c4*1-2;;/q4*-1;+4;. The van der Waals surface area contributed by atoms with Crippen LogP contribution in [0.4, 0.5) is 0 Å². The van der Waals surface area contributed by atoms with E-state index in [1.54, 1.807) is 0 Å². The van der Waals surface area contributed by atoms with Crippen LogP contribution in [0.15, 0.2) is 0 Å². The third kappa shape index (κ3) is 30600. The third-order valence-corrected chi connectivity index (χ3v) is 0. The number of hydrogen-bond donors (Lipinski definition) is 0. The van der Waals surface area contributed by atoms with E-state index in [2.05, 4.69) is 0 Å². The van der Waals surface area contributed by atoms with Crippen molar-refractivity contribution in [1.82, 2.24) is 0 Å². The molecule has 0 bridgehead atoms. The Kier molecular flexibility index (Phi) is 222000. The molecule has 1 radical (unpaired) electrons. The van der Waals surface area contributed by atoms with Gasteiger partial charge in [-0.15, -0.1) is 0 Å². The van der Waals surface area contributed by atoms with Crippen LogP contribution in [-0.4, -0.2) is 51.4 Å². The van der Waals surface area contributed by atoms with Crippen molar-refractivity contribution in [3.8, 4) is 0 Å². The van der Waals surface area contributed by atoms with Gasteiger partial charge in [-0.3, -0.25) is 0 Å². The van der Waals surface area contributed by atoms with Crippen LogP contribution in [0.25, 0.3) is 0 Å². The summed E-state index contributed by atoms with van der Waals surface area (Å²) in [5, 5.41) is 25.0. The van der Waals surface area contributed by atoms with Crippen LogP contribution >= 0.6 is 0 Å². The average Bonchev–Trinajstić information content (AvgIpc) is 2.03. The number of rotatable bonds is 0. The fourth-order valence-corrected chi connectivity index (χ4v) is 0. The Hall–Kier alpha value is 0.116. The van der Waals surface area contributed by atoms with Crippen LogP contribution in [0.1, 0.15) is 0 Å². The molecule has 0 spiro atoms. The molecule has 0 fully saturated rings. The van der Waals surface area contributed by atoms with Crippen LogP contribution < -0.4 is 0 Å². The minimum absolute atomic E-state index is 0. The zero-order valence-corrected chi connectivity index (χ0v) is 9.37. The maximum absolute atomic E-state index is 6.25. The van der Waals surface area contributed by atoms with Crippen molar-refractivity contribution in [3.63, 3.8) is 0 Å². The Balaban J connectivity index is -0.00000000500. The molecule has 10 heavy (non-hydrogen) atoms. The second kappa shape index (κ2) is 44700. The average molecular weight is 199 g/mol. The first kappa shape index (κ1) is 49.6. The number of nitrogens with zero attached hydrogens (tertiary/aromatic N) is 4. The molecule has 0 rings (SSSR count). The SMILES string of the molecule is [C-]#N.[C-]#N.[C-]#N.[C-]#N.[Fe+4].[K]. The van der Waals surface area contributed by atoms with E-state index in [-0.39, 0.29) is 68.5 Å². The summed E-state index contributed by atoms with van der Waals surface area (Å²) in [5.74, 6) is 0. The van der Waals surface area contributed by atoms with Crippen molar-refractivity contribution in [2.45, 2.75) is 0 Å². The minimum Gasteiger partial charge on any atom is -0.512 e. The summed E-state index contributed by atoms with van der Waals surface area (Å²) in [4.78, 5) is 0. The van der Waals surface area contributed by atoms with Gasteiger partial charge in [-0.2, -0.15) is 0 Å². The smallest absolute Gasteiger partial charge is 0.512 e. The van der Waals surface area contributed by atoms with Gasteiger partial charge in [-0.05, 0) is 0 Å². The molecule has 6 heteroatoms. The van der Waals surface area contributed by atoms with Gasteiger partial charge < -0.3 is 47.3 Å². The molecular weight excluding hydrogens is 199 g/mol. The summed E-state index contributed by atoms with van der Waals surface area (Å²) in [6.07, 6.45) is 0. The molecule has 0 aromatic rings. The molecule has 0 aromatic carbocycles. The van der Waals surface area contributed by atoms with Gasteiger partial charge in [0.2, 0.25) is 0 Å². The molecule has 0 unspecified atom stereocenters. The first-order chi connectivity index (χ1) is 4.00. The van der Waals surface area contributed by atoms with Crippen molar-refractivity contribution < 1.29 is 17.1 Å². The van der Waals surface area contributed by atoms with Crippen molar-refractivity contribution in [1.29, 1.82) is 21.0 Å². The Morgan fingerprint density at radius 1 is 0.500 bits per heavy atom. The topological polar surface area (TPSA) is 95.2 Å². The van der Waals surface area contributed by atoms with Gasteiger partial charge in [-0.1, -0.05) is 0 Å². The van der Waals surface area contributed by atoms with E-state index in [0.717, 1.165) is 0 Å². The quantitative estimate of drug-likeness (QED) is 0.405. The normalized spacial score (nSPS) is 0.800. The first-order valence-electron chi connectivity index (χ1n) is 0.894. The maximum Gasteiger partial charge on any atom is 4.00 e. The summed E-state index contributed by atoms with van der Waals surface area (Å²) < 4.78 is 0.